The predicted octanol–water partition coefficient (Wildman–Crippen LogP) is 0.932. The maximum atomic E-state index is 5.56. The average Bonchev–Trinajstić information content (AvgIpc) is 2.41. The second kappa shape index (κ2) is 8.66. The maximum Gasteiger partial charge on any atom is 0.131 e. The molecule has 0 spiro atoms. The molecule has 1 atom stereocenters. The van der Waals surface area contributed by atoms with Crippen molar-refractivity contribution in [1.82, 2.24) is 9.97 Å². The van der Waals surface area contributed by atoms with Crippen molar-refractivity contribution >= 4 is 11.6 Å². The summed E-state index contributed by atoms with van der Waals surface area (Å²) in [6, 6.07) is 1.90. The highest BCUT2D eigenvalue weighted by Gasteiger charge is 2.01. The first kappa shape index (κ1) is 14.7. The van der Waals surface area contributed by atoms with Crippen LogP contribution in [0.4, 0.5) is 11.6 Å². The molecule has 1 heterocycles. The molecule has 0 amide bonds. The van der Waals surface area contributed by atoms with Gasteiger partial charge in [-0.15, -0.1) is 0 Å². The summed E-state index contributed by atoms with van der Waals surface area (Å²) in [5.41, 5.74) is 5.56. The number of nitrogens with zero attached hydrogens (tertiary/aromatic N) is 2. The summed E-state index contributed by atoms with van der Waals surface area (Å²) in [5, 5.41) is 6.47. The van der Waals surface area contributed by atoms with Crippen LogP contribution in [0.2, 0.25) is 0 Å². The van der Waals surface area contributed by atoms with Gasteiger partial charge in [-0.1, -0.05) is 6.92 Å². The Morgan fingerprint density at radius 2 is 2.06 bits per heavy atom. The molecule has 6 heteroatoms. The smallest absolute Gasteiger partial charge is 0.131 e. The molecule has 6 nitrogen and oxygen atoms in total. The third-order valence-corrected chi connectivity index (χ3v) is 2.53. The van der Waals surface area contributed by atoms with Gasteiger partial charge < -0.3 is 21.1 Å². The summed E-state index contributed by atoms with van der Waals surface area (Å²) in [4.78, 5) is 8.32. The van der Waals surface area contributed by atoms with Crippen molar-refractivity contribution in [1.29, 1.82) is 0 Å². The topological polar surface area (TPSA) is 85.1 Å². The SMILES string of the molecule is COCCCNc1cc(NCC(C)CN)ncn1. The zero-order valence-corrected chi connectivity index (χ0v) is 11.1. The number of hydrogen-bond acceptors (Lipinski definition) is 6. The molecule has 0 aromatic carbocycles. The van der Waals surface area contributed by atoms with Crippen molar-refractivity contribution in [3.8, 4) is 0 Å². The molecule has 18 heavy (non-hydrogen) atoms. The molecule has 0 aliphatic carbocycles. The maximum absolute atomic E-state index is 5.56. The Labute approximate surface area is 108 Å². The van der Waals surface area contributed by atoms with Gasteiger partial charge in [-0.3, -0.25) is 0 Å². The molecule has 0 saturated carbocycles. The molecule has 0 fully saturated rings. The molecular formula is C12H23N5O. The number of rotatable bonds is 9. The van der Waals surface area contributed by atoms with Gasteiger partial charge in [0.25, 0.3) is 0 Å². The van der Waals surface area contributed by atoms with Crippen LogP contribution in [-0.4, -0.2) is 43.3 Å². The highest BCUT2D eigenvalue weighted by atomic mass is 16.5. The molecule has 0 radical (unpaired) electrons. The first-order valence-corrected chi connectivity index (χ1v) is 6.25. The van der Waals surface area contributed by atoms with Crippen molar-refractivity contribution in [2.45, 2.75) is 13.3 Å². The summed E-state index contributed by atoms with van der Waals surface area (Å²) in [6.45, 7) is 5.16. The quantitative estimate of drug-likeness (QED) is 0.568. The third kappa shape index (κ3) is 5.79. The second-order valence-corrected chi connectivity index (χ2v) is 4.28. The van der Waals surface area contributed by atoms with Gasteiger partial charge in [-0.2, -0.15) is 0 Å². The van der Waals surface area contributed by atoms with Gasteiger partial charge in [0.05, 0.1) is 0 Å². The molecule has 1 aromatic heterocycles. The Balaban J connectivity index is 2.36. The standard InChI is InChI=1S/C12H23N5O/c1-10(7-13)8-15-12-6-11(16-9-17-12)14-4-3-5-18-2/h6,9-10H,3-5,7-8,13H2,1-2H3,(H2,14,15,16,17). The van der Waals surface area contributed by atoms with Crippen molar-refractivity contribution < 1.29 is 4.74 Å². The van der Waals surface area contributed by atoms with E-state index in [-0.39, 0.29) is 0 Å². The van der Waals surface area contributed by atoms with Gasteiger partial charge in [0.15, 0.2) is 0 Å². The molecule has 1 rings (SSSR count). The van der Waals surface area contributed by atoms with Crippen LogP contribution in [-0.2, 0) is 4.74 Å². The lowest BCUT2D eigenvalue weighted by Crippen LogP contribution is -2.20. The highest BCUT2D eigenvalue weighted by Crippen LogP contribution is 2.09. The highest BCUT2D eigenvalue weighted by molar-refractivity contribution is 5.46. The van der Waals surface area contributed by atoms with Crippen molar-refractivity contribution in [3.05, 3.63) is 12.4 Å². The molecule has 1 aromatic rings. The normalized spacial score (nSPS) is 12.2. The summed E-state index contributed by atoms with van der Waals surface area (Å²) in [5.74, 6) is 2.07. The molecular weight excluding hydrogens is 230 g/mol. The molecule has 1 unspecified atom stereocenters. The second-order valence-electron chi connectivity index (χ2n) is 4.28. The minimum Gasteiger partial charge on any atom is -0.385 e. The Morgan fingerprint density at radius 1 is 1.33 bits per heavy atom. The number of ether oxygens (including phenoxy) is 1. The number of methoxy groups -OCH3 is 1. The molecule has 0 bridgehead atoms. The lowest BCUT2D eigenvalue weighted by Gasteiger charge is -2.11. The van der Waals surface area contributed by atoms with E-state index in [1.807, 2.05) is 6.07 Å². The zero-order chi connectivity index (χ0) is 13.2. The summed E-state index contributed by atoms with van der Waals surface area (Å²) in [7, 11) is 1.70. The number of aromatic nitrogens is 2. The van der Waals surface area contributed by atoms with E-state index in [2.05, 4.69) is 27.5 Å². The minimum atomic E-state index is 0.429. The zero-order valence-electron chi connectivity index (χ0n) is 11.1. The predicted molar refractivity (Wildman–Crippen MR) is 73.7 cm³/mol. The minimum absolute atomic E-state index is 0.429. The first-order chi connectivity index (χ1) is 8.76. The van der Waals surface area contributed by atoms with Gasteiger partial charge in [0.2, 0.25) is 0 Å². The average molecular weight is 253 g/mol. The lowest BCUT2D eigenvalue weighted by molar-refractivity contribution is 0.198. The summed E-state index contributed by atoms with van der Waals surface area (Å²) >= 11 is 0. The van der Waals surface area contributed by atoms with Gasteiger partial charge in [-0.05, 0) is 18.9 Å². The summed E-state index contributed by atoms with van der Waals surface area (Å²) < 4.78 is 4.98. The van der Waals surface area contributed by atoms with E-state index in [1.54, 1.807) is 13.4 Å². The van der Waals surface area contributed by atoms with Crippen molar-refractivity contribution in [2.75, 3.05) is 44.0 Å². The van der Waals surface area contributed by atoms with Crippen LogP contribution < -0.4 is 16.4 Å². The van der Waals surface area contributed by atoms with Gasteiger partial charge in [0.1, 0.15) is 18.0 Å². The van der Waals surface area contributed by atoms with Gasteiger partial charge in [0, 0.05) is 32.9 Å². The molecule has 4 N–H and O–H groups in total. The lowest BCUT2D eigenvalue weighted by atomic mass is 10.2. The largest absolute Gasteiger partial charge is 0.385 e. The van der Waals surface area contributed by atoms with Crippen LogP contribution in [0.3, 0.4) is 0 Å². The van der Waals surface area contributed by atoms with E-state index in [1.165, 1.54) is 0 Å². The van der Waals surface area contributed by atoms with E-state index in [0.29, 0.717) is 12.5 Å². The van der Waals surface area contributed by atoms with Crippen LogP contribution in [0.25, 0.3) is 0 Å². The number of hydrogen-bond donors (Lipinski definition) is 3. The fourth-order valence-electron chi connectivity index (χ4n) is 1.35. The number of nitrogens with two attached hydrogens (primary N) is 1. The summed E-state index contributed by atoms with van der Waals surface area (Å²) in [6.07, 6.45) is 2.50. The van der Waals surface area contributed by atoms with Crippen LogP contribution >= 0.6 is 0 Å². The third-order valence-electron chi connectivity index (χ3n) is 2.53. The Hall–Kier alpha value is -1.40. The van der Waals surface area contributed by atoms with Crippen molar-refractivity contribution in [2.24, 2.45) is 11.7 Å². The Bertz CT molecular complexity index is 334. The van der Waals surface area contributed by atoms with E-state index < -0.39 is 0 Å². The van der Waals surface area contributed by atoms with Crippen molar-refractivity contribution in [3.63, 3.8) is 0 Å². The number of nitrogens with one attached hydrogen (secondary N) is 2. The van der Waals surface area contributed by atoms with Crippen LogP contribution in [0, 0.1) is 5.92 Å². The van der Waals surface area contributed by atoms with E-state index >= 15 is 0 Å². The van der Waals surface area contributed by atoms with E-state index in [0.717, 1.165) is 37.8 Å². The molecule has 0 aliphatic rings. The Morgan fingerprint density at radius 3 is 2.72 bits per heavy atom. The number of anilines is 2. The van der Waals surface area contributed by atoms with Crippen LogP contribution in [0.5, 0.6) is 0 Å². The molecule has 0 saturated heterocycles. The van der Waals surface area contributed by atoms with Gasteiger partial charge >= 0.3 is 0 Å². The van der Waals surface area contributed by atoms with E-state index in [9.17, 15) is 0 Å². The van der Waals surface area contributed by atoms with E-state index in [4.69, 9.17) is 10.5 Å². The first-order valence-electron chi connectivity index (χ1n) is 6.25. The fraction of sp³-hybridized carbons (Fsp3) is 0.667. The monoisotopic (exact) mass is 253 g/mol. The fourth-order valence-corrected chi connectivity index (χ4v) is 1.35. The Kier molecular flexibility index (Phi) is 7.05. The molecule has 0 aliphatic heterocycles. The van der Waals surface area contributed by atoms with Crippen LogP contribution in [0.1, 0.15) is 13.3 Å². The van der Waals surface area contributed by atoms with Crippen LogP contribution in [0.15, 0.2) is 12.4 Å². The molecule has 102 valence electrons. The van der Waals surface area contributed by atoms with Gasteiger partial charge in [-0.25, -0.2) is 9.97 Å².